The molecule has 0 spiro atoms. The van der Waals surface area contributed by atoms with Gasteiger partial charge in [0.15, 0.2) is 46.1 Å². The van der Waals surface area contributed by atoms with Crippen LogP contribution in [0.25, 0.3) is 179 Å². The van der Waals surface area contributed by atoms with Gasteiger partial charge in [-0.2, -0.15) is 0 Å². The van der Waals surface area contributed by atoms with E-state index in [1.54, 1.807) is 39.0 Å². The van der Waals surface area contributed by atoms with Crippen molar-refractivity contribution in [1.29, 1.82) is 0 Å². The molecule has 0 unspecified atom stereocenters. The van der Waals surface area contributed by atoms with Crippen molar-refractivity contribution >= 4 is 134 Å². The Morgan fingerprint density at radius 2 is 0.544 bits per heavy atom. The van der Waals surface area contributed by atoms with Gasteiger partial charge >= 0.3 is 36.3 Å². The smallest absolute Gasteiger partial charge is 0.412 e. The molecule has 24 nitrogen and oxygen atoms in total. The fraction of sp³-hybridized carbons (Fsp3) is 0.333. The molecular weight excluding hydrogens is 1890 g/mol. The molecule has 10 heterocycles. The molecule has 6 aromatic heterocycles. The molecule has 0 amide bonds. The number of aromatic nitrogens is 16. The van der Waals surface area contributed by atoms with E-state index in [1.165, 1.54) is 36.4 Å². The zero-order valence-corrected chi connectivity index (χ0v) is 89.2. The number of benzene rings is 8. The number of fused-ring (bicyclic) bond motifs is 40. The molecule has 16 bridgehead atoms. The van der Waals surface area contributed by atoms with E-state index in [0.717, 1.165) is 49.4 Å². The van der Waals surface area contributed by atoms with Gasteiger partial charge in [0.25, 0.3) is 0 Å². The van der Waals surface area contributed by atoms with E-state index < -0.39 is 46.1 Å². The molecule has 31 heteroatoms. The summed E-state index contributed by atoms with van der Waals surface area (Å²) in [4.78, 5) is 84.0. The van der Waals surface area contributed by atoms with Crippen LogP contribution < -0.4 is 19.9 Å². The van der Waals surface area contributed by atoms with Crippen LogP contribution in [0.1, 0.15) is 172 Å². The van der Waals surface area contributed by atoms with E-state index in [0.29, 0.717) is 142 Å². The first-order valence-corrected chi connectivity index (χ1v) is 56.1. The topological polar surface area (TPSA) is 332 Å². The predicted molar refractivity (Wildman–Crippen MR) is 538 cm³/mol. The number of rotatable bonds is 15. The largest absolute Gasteiger partial charge is 2.00 e. The second-order valence-electron chi connectivity index (χ2n) is 41.2. The number of nitrogens with zero attached hydrogens (tertiary/aromatic N) is 16. The first-order chi connectivity index (χ1) is 63.0. The van der Waals surface area contributed by atoms with Gasteiger partial charge in [-0.3, -0.25) is 0 Å². The van der Waals surface area contributed by atoms with Crippen molar-refractivity contribution in [1.82, 2.24) is 79.7 Å². The van der Waals surface area contributed by atoms with Gasteiger partial charge in [-0.05, 0) is 210 Å². The summed E-state index contributed by atoms with van der Waals surface area (Å²) in [5.74, 6) is 16.3. The summed E-state index contributed by atoms with van der Waals surface area (Å²) in [6.45, 7) is 47.3. The number of sulfone groups is 3. The van der Waals surface area contributed by atoms with Crippen LogP contribution in [-0.2, 0) is 90.9 Å². The Bertz CT molecular complexity index is 8320. The summed E-state index contributed by atoms with van der Waals surface area (Å²) in [5, 5.41) is 4.30. The summed E-state index contributed by atoms with van der Waals surface area (Å²) >= 11 is 0. The van der Waals surface area contributed by atoms with E-state index >= 15 is 0 Å². The van der Waals surface area contributed by atoms with Crippen LogP contribution in [-0.4, -0.2) is 132 Å². The summed E-state index contributed by atoms with van der Waals surface area (Å²) in [6.07, 6.45) is 1.08. The zero-order valence-electron chi connectivity index (χ0n) is 80.7. The molecule has 0 saturated heterocycles. The van der Waals surface area contributed by atoms with Crippen LogP contribution in [0.5, 0.6) is 0 Å². The maximum atomic E-state index is 14.0. The fourth-order valence-corrected chi connectivity index (χ4v) is 22.1. The van der Waals surface area contributed by atoms with E-state index in [1.807, 2.05) is 36.4 Å². The van der Waals surface area contributed by atoms with Crippen LogP contribution in [0.4, 0.5) is 0 Å². The van der Waals surface area contributed by atoms with Crippen molar-refractivity contribution in [3.05, 3.63) is 185 Å². The van der Waals surface area contributed by atoms with Crippen molar-refractivity contribution in [2.45, 2.75) is 211 Å². The van der Waals surface area contributed by atoms with E-state index in [9.17, 15) is 25.3 Å². The molecule has 136 heavy (non-hydrogen) atoms. The summed E-state index contributed by atoms with van der Waals surface area (Å²) < 4.78 is 98.3. The van der Waals surface area contributed by atoms with Gasteiger partial charge in [0, 0.05) is 112 Å². The van der Waals surface area contributed by atoms with Gasteiger partial charge in [-0.15, -0.1) is 0 Å². The average molecular weight is 2000 g/mol. The van der Waals surface area contributed by atoms with E-state index in [4.69, 9.17) is 88.6 Å². The zero-order chi connectivity index (χ0) is 95.4. The molecule has 0 fully saturated rings. The monoisotopic (exact) mass is 1990 g/mol. The molecule has 4 aliphatic heterocycles. The Hall–Kier alpha value is -11.3. The summed E-state index contributed by atoms with van der Waals surface area (Å²) in [5.41, 5.74) is 11.9. The standard InChI is InChI=1S/C105H106N16O8S3Si2.Co.Zn/c1-23-46-130(122,123)66-36-44-75-82(54-66)98-117-91(75)110-93-77-49-59(28-38-69(77)85(108-93)106-90-74-43-35-67(131(124,125)47-24-2)55-83(74)99(116-90)121-100-84-56-68(132(126,127)48-25-3)37-45-76(84)92(118-98)119-100)26-30-61(57-128-133(19,20)104(13,14)15)62(58-129-134(21,22)105(16,17)18)31-27-60-29-39-70-78(50-60)94-109-86(70)111-95-79-51-63(101(4,5)6)32-40-71(79)87(112-95)107-88-72-41-33-64(102(7,8)9)52-80(72)96(113-88)114-89-73-42-34-65(103(10,11)12)53-81(73)97(115-89)120-94;;/h28-29,32-45,49-56H,23-25,46-48,57-58H2,1-22H3;;/q-4;2*+2/b62-61+;;. The first kappa shape index (κ1) is 97.7. The van der Waals surface area contributed by atoms with Gasteiger partial charge in [0.05, 0.1) is 91.8 Å². The minimum atomic E-state index is -3.81. The molecule has 18 rings (SSSR count). The molecule has 0 aliphatic carbocycles. The van der Waals surface area contributed by atoms with Crippen molar-refractivity contribution in [2.24, 2.45) is 0 Å². The Balaban J connectivity index is 0.00000671. The van der Waals surface area contributed by atoms with Crippen LogP contribution in [0.2, 0.25) is 36.3 Å². The average Bonchev–Trinajstić information content (AvgIpc) is 1.59. The van der Waals surface area contributed by atoms with Gasteiger partial charge in [-0.25, -0.2) is 45.2 Å². The Morgan fingerprint density at radius 1 is 0.301 bits per heavy atom. The quantitative estimate of drug-likeness (QED) is 0.0679. The number of hydrogen-bond acceptors (Lipinski definition) is 20. The molecule has 8 aromatic carbocycles. The molecule has 691 valence electrons. The van der Waals surface area contributed by atoms with Crippen molar-refractivity contribution in [3.63, 3.8) is 0 Å². The third-order valence-corrected chi connectivity index (χ3v) is 41.0. The van der Waals surface area contributed by atoms with Crippen LogP contribution in [0.15, 0.2) is 171 Å². The van der Waals surface area contributed by atoms with Gasteiger partial charge in [-0.1, -0.05) is 215 Å². The number of hydrogen-bond donors (Lipinski definition) is 0. The second-order valence-corrected chi connectivity index (χ2v) is 57.1. The summed E-state index contributed by atoms with van der Waals surface area (Å²) in [7, 11) is -16.5. The molecule has 4 aliphatic rings. The molecule has 0 atom stereocenters. The molecule has 0 saturated carbocycles. The Kier molecular flexibility index (Phi) is 25.6. The minimum Gasteiger partial charge on any atom is -0.412 e. The fourth-order valence-electron chi connectivity index (χ4n) is 16.2. The SMILES string of the molecule is CCCS(=O)(=O)c1ccc2c(c1)-c1nc-2nc2[n-]c(nc3nc(nc4[n-]c(n1)c1cc(S(=O)(=O)CCC)ccc41)-c1ccc(C#C/C(CO[Si](C)(C)C(C)(C)C)=C(/C#Cc4ccc5c(c4)-c4nc-5nc5[n-]c(nc6nc(nc7[n-]c(n4)c4cc(C(C)(C)C)ccc74)-c4cc(C(C)(C)C)ccc4-6)c4ccc(C(C)(C)C)cc54)CO[Si](C)(C)C(C)(C)C)cc1-3)c1ccc(S(=O)(=O)CCC)cc21.[Co+2].[Zn+2]. The van der Waals surface area contributed by atoms with Crippen LogP contribution in [0, 0.1) is 23.7 Å². The van der Waals surface area contributed by atoms with Crippen LogP contribution in [0.3, 0.4) is 0 Å². The predicted octanol–water partition coefficient (Wildman–Crippen LogP) is 21.8. The third-order valence-electron chi connectivity index (χ3n) is 26.3. The summed E-state index contributed by atoms with van der Waals surface area (Å²) in [6, 6.07) is 44.8. The van der Waals surface area contributed by atoms with E-state index in [-0.39, 0.29) is 154 Å². The maximum Gasteiger partial charge on any atom is 2.00 e. The third kappa shape index (κ3) is 18.6. The van der Waals surface area contributed by atoms with Crippen molar-refractivity contribution < 1.29 is 70.4 Å². The molecule has 14 aromatic rings. The van der Waals surface area contributed by atoms with Gasteiger partial charge < -0.3 is 68.7 Å². The van der Waals surface area contributed by atoms with Gasteiger partial charge in [0.1, 0.15) is 0 Å². The molecule has 1 radical (unpaired) electrons. The Morgan fingerprint density at radius 3 is 0.853 bits per heavy atom. The van der Waals surface area contributed by atoms with E-state index in [2.05, 4.69) is 208 Å². The molecular formula is C105H106CoN16O8S3Si2Zn. The first-order valence-electron chi connectivity index (χ1n) is 45.4. The normalized spacial score (nSPS) is 13.3. The molecule has 0 N–H and O–H groups in total. The van der Waals surface area contributed by atoms with Crippen LogP contribution >= 0.6 is 0 Å². The van der Waals surface area contributed by atoms with Gasteiger partial charge in [0.2, 0.25) is 0 Å². The van der Waals surface area contributed by atoms with Crippen molar-refractivity contribution in [2.75, 3.05) is 30.5 Å². The van der Waals surface area contributed by atoms with Crippen molar-refractivity contribution in [3.8, 4) is 115 Å². The Labute approximate surface area is 818 Å². The maximum absolute atomic E-state index is 14.0. The minimum absolute atomic E-state index is 0. The second kappa shape index (κ2) is 35.6.